The molecule has 9 nitrogen and oxygen atoms in total. The first-order valence-corrected chi connectivity index (χ1v) is 14.8. The van der Waals surface area contributed by atoms with E-state index >= 15 is 0 Å². The van der Waals surface area contributed by atoms with Crippen molar-refractivity contribution in [2.45, 2.75) is 31.5 Å². The van der Waals surface area contributed by atoms with Crippen LogP contribution in [0, 0.1) is 0 Å². The molecule has 2 aliphatic carbocycles. The zero-order valence-electron chi connectivity index (χ0n) is 22.6. The summed E-state index contributed by atoms with van der Waals surface area (Å²) in [5, 5.41) is 11.3. The second kappa shape index (κ2) is 10.5. The van der Waals surface area contributed by atoms with E-state index in [9.17, 15) is 24.3 Å². The van der Waals surface area contributed by atoms with Gasteiger partial charge in [0.1, 0.15) is 18.1 Å². The highest BCUT2D eigenvalue weighted by molar-refractivity contribution is 14.1. The molecular weight excluding hydrogens is 661 g/mol. The quantitative estimate of drug-likeness (QED) is 0.188. The number of fused-ring (bicyclic) bond motifs is 3. The summed E-state index contributed by atoms with van der Waals surface area (Å²) in [6, 6.07) is 22.5. The van der Waals surface area contributed by atoms with E-state index in [1.807, 2.05) is 59.0 Å². The molecule has 0 fully saturated rings. The Bertz CT molecular complexity index is 2030. The van der Waals surface area contributed by atoms with Crippen LogP contribution in [-0.4, -0.2) is 30.6 Å². The van der Waals surface area contributed by atoms with Crippen LogP contribution in [0.2, 0.25) is 0 Å². The number of aromatic hydroxyl groups is 1. The van der Waals surface area contributed by atoms with Gasteiger partial charge in [0.15, 0.2) is 11.6 Å². The van der Waals surface area contributed by atoms with Crippen molar-refractivity contribution in [2.75, 3.05) is 0 Å². The van der Waals surface area contributed by atoms with E-state index in [1.165, 1.54) is 21.5 Å². The van der Waals surface area contributed by atoms with Gasteiger partial charge in [-0.2, -0.15) is 0 Å². The molecule has 1 aliphatic heterocycles. The zero-order valence-corrected chi connectivity index (χ0v) is 24.8. The minimum absolute atomic E-state index is 0.0693. The number of Topliss-reactive ketones (excluding diaryl/α,β-unsaturated/α-hetero) is 1. The molecule has 0 spiro atoms. The molecule has 43 heavy (non-hydrogen) atoms. The number of phenols is 1. The first-order chi connectivity index (χ1) is 20.8. The van der Waals surface area contributed by atoms with Crippen molar-refractivity contribution in [2.24, 2.45) is 0 Å². The first kappa shape index (κ1) is 27.1. The van der Waals surface area contributed by atoms with Crippen molar-refractivity contribution < 1.29 is 19.4 Å². The highest BCUT2D eigenvalue weighted by Gasteiger charge is 2.45. The highest BCUT2D eigenvalue weighted by Crippen LogP contribution is 2.52. The molecule has 0 saturated heterocycles. The van der Waals surface area contributed by atoms with Crippen LogP contribution in [0.3, 0.4) is 0 Å². The number of phenolic OH excluding ortho intramolecular Hbond substituents is 1. The predicted molar refractivity (Wildman–Crippen MR) is 167 cm³/mol. The van der Waals surface area contributed by atoms with E-state index in [0.717, 1.165) is 10.1 Å². The summed E-state index contributed by atoms with van der Waals surface area (Å²) in [4.78, 5) is 54.2. The Hall–Kier alpha value is -4.71. The number of benzene rings is 3. The van der Waals surface area contributed by atoms with Gasteiger partial charge in [-0.3, -0.25) is 9.59 Å². The van der Waals surface area contributed by atoms with E-state index in [4.69, 9.17) is 4.74 Å². The Kier molecular flexibility index (Phi) is 6.65. The minimum atomic E-state index is -0.803. The molecule has 2 atom stereocenters. The van der Waals surface area contributed by atoms with Crippen LogP contribution in [0.25, 0.3) is 5.69 Å². The second-order valence-electron chi connectivity index (χ2n) is 10.6. The molecule has 0 saturated carbocycles. The number of aromatic nitrogens is 3. The lowest BCUT2D eigenvalue weighted by atomic mass is 9.68. The summed E-state index contributed by atoms with van der Waals surface area (Å²) in [6.45, 7) is 0.396. The molecule has 3 aliphatic rings. The van der Waals surface area contributed by atoms with Crippen LogP contribution in [0.4, 0.5) is 0 Å². The summed E-state index contributed by atoms with van der Waals surface area (Å²) >= 11 is 1.86. The maximum atomic E-state index is 13.8. The number of ether oxygens (including phenoxy) is 1. The van der Waals surface area contributed by atoms with Crippen LogP contribution in [0.5, 0.6) is 11.5 Å². The summed E-state index contributed by atoms with van der Waals surface area (Å²) in [5.74, 6) is -1.08. The molecule has 0 unspecified atom stereocenters. The number of halogens is 1. The number of rotatable bonds is 5. The maximum absolute atomic E-state index is 13.8. The Morgan fingerprint density at radius 1 is 0.907 bits per heavy atom. The van der Waals surface area contributed by atoms with E-state index in [1.54, 1.807) is 42.5 Å². The third-order valence-electron chi connectivity index (χ3n) is 8.18. The number of hydrogen-bond donors (Lipinski definition) is 1. The molecule has 1 aromatic heterocycles. The van der Waals surface area contributed by atoms with Crippen molar-refractivity contribution >= 4 is 34.2 Å². The van der Waals surface area contributed by atoms with Crippen LogP contribution in [-0.2, 0) is 22.7 Å². The Labute approximate surface area is 258 Å². The summed E-state index contributed by atoms with van der Waals surface area (Å²) in [7, 11) is 0. The molecule has 1 N–H and O–H groups in total. The number of carbonyl (C=O) groups excluding carboxylic acids is 2. The standard InChI is InChI=1S/C33H24IN3O6/c34-25-17-28(39)24-16-26-22(13-14-35-32(41)36(33(42)37(26)35)20-9-5-2-6-10-20)29(30(24)31(25)40)23-12-11-21(15-27(23)38)43-18-19-7-3-1-4-8-19/h1-13,15,17,26,29,38H,14,16,18H2/t26-,29-/m1/s1. The number of nitrogens with zero attached hydrogens (tertiary/aromatic N) is 3. The van der Waals surface area contributed by atoms with Crippen molar-refractivity contribution in [1.29, 1.82) is 0 Å². The van der Waals surface area contributed by atoms with Gasteiger partial charge >= 0.3 is 11.4 Å². The predicted octanol–water partition coefficient (Wildman–Crippen LogP) is 4.52. The number of allylic oxidation sites excluding steroid dienone is 6. The van der Waals surface area contributed by atoms with Gasteiger partial charge in [0.05, 0.1) is 21.9 Å². The molecule has 0 bridgehead atoms. The van der Waals surface area contributed by atoms with Gasteiger partial charge in [-0.05, 0) is 51.9 Å². The van der Waals surface area contributed by atoms with Gasteiger partial charge in [-0.15, -0.1) is 0 Å². The minimum Gasteiger partial charge on any atom is -0.507 e. The van der Waals surface area contributed by atoms with Crippen LogP contribution >= 0.6 is 22.6 Å². The topological polar surface area (TPSA) is 113 Å². The average molecular weight is 685 g/mol. The Morgan fingerprint density at radius 3 is 2.35 bits per heavy atom. The fourth-order valence-corrected chi connectivity index (χ4v) is 6.79. The molecule has 2 heterocycles. The van der Waals surface area contributed by atoms with Crippen molar-refractivity contribution in [1.82, 2.24) is 13.9 Å². The number of carbonyl (C=O) groups is 2. The van der Waals surface area contributed by atoms with Crippen molar-refractivity contribution in [3.63, 3.8) is 0 Å². The fourth-order valence-electron chi connectivity index (χ4n) is 6.22. The molecule has 7 rings (SSSR count). The summed E-state index contributed by atoms with van der Waals surface area (Å²) in [5.41, 5.74) is 2.02. The molecule has 0 amide bonds. The van der Waals surface area contributed by atoms with Crippen LogP contribution < -0.4 is 16.1 Å². The van der Waals surface area contributed by atoms with E-state index < -0.39 is 23.3 Å². The summed E-state index contributed by atoms with van der Waals surface area (Å²) < 4.78 is 10.0. The number of para-hydroxylation sites is 1. The zero-order chi connectivity index (χ0) is 29.8. The third kappa shape index (κ3) is 4.44. The third-order valence-corrected chi connectivity index (χ3v) is 8.98. The smallest absolute Gasteiger partial charge is 0.352 e. The molecule has 0 radical (unpaired) electrons. The number of ketones is 2. The average Bonchev–Trinajstić information content (AvgIpc) is 3.28. The normalized spacial score (nSPS) is 19.3. The summed E-state index contributed by atoms with van der Waals surface area (Å²) in [6.07, 6.45) is 3.21. The van der Waals surface area contributed by atoms with Gasteiger partial charge < -0.3 is 9.84 Å². The van der Waals surface area contributed by atoms with Gasteiger partial charge in [0.2, 0.25) is 0 Å². The molecule has 10 heteroatoms. The molecular formula is C33H24IN3O6. The maximum Gasteiger partial charge on any atom is 0.352 e. The monoisotopic (exact) mass is 685 g/mol. The molecule has 4 aromatic rings. The lowest BCUT2D eigenvalue weighted by molar-refractivity contribution is -0.115. The SMILES string of the molecule is O=C1C=C(I)C(=O)C2=C1C[C@@H]1C(=CCn3c(=O)n(-c4ccccc4)c(=O)n31)[C@@H]2c1ccc(OCc2ccccc2)cc1O. The van der Waals surface area contributed by atoms with E-state index in [0.29, 0.717) is 34.8 Å². The van der Waals surface area contributed by atoms with E-state index in [-0.39, 0.29) is 39.4 Å². The van der Waals surface area contributed by atoms with Gasteiger partial charge in [-0.1, -0.05) is 60.7 Å². The van der Waals surface area contributed by atoms with Gasteiger partial charge in [0, 0.05) is 41.2 Å². The van der Waals surface area contributed by atoms with Crippen molar-refractivity contribution in [3.8, 4) is 17.2 Å². The second-order valence-corrected chi connectivity index (χ2v) is 11.8. The van der Waals surface area contributed by atoms with Crippen molar-refractivity contribution in [3.05, 3.63) is 143 Å². The van der Waals surface area contributed by atoms with Gasteiger partial charge in [-0.25, -0.2) is 23.5 Å². The van der Waals surface area contributed by atoms with Crippen LogP contribution in [0.15, 0.2) is 121 Å². The van der Waals surface area contributed by atoms with Crippen LogP contribution in [0.1, 0.15) is 29.5 Å². The lowest BCUT2D eigenvalue weighted by Gasteiger charge is -2.39. The fraction of sp³-hybridized carbons (Fsp3) is 0.152. The Morgan fingerprint density at radius 2 is 1.63 bits per heavy atom. The lowest BCUT2D eigenvalue weighted by Crippen LogP contribution is -2.40. The van der Waals surface area contributed by atoms with Gasteiger partial charge in [0.25, 0.3) is 0 Å². The molecule has 3 aromatic carbocycles. The van der Waals surface area contributed by atoms with E-state index in [2.05, 4.69) is 0 Å². The first-order valence-electron chi connectivity index (χ1n) is 13.7. The Balaban J connectivity index is 1.34. The largest absolute Gasteiger partial charge is 0.507 e. The molecule has 214 valence electrons. The number of hydrogen-bond acceptors (Lipinski definition) is 6. The highest BCUT2D eigenvalue weighted by atomic mass is 127.